The van der Waals surface area contributed by atoms with Crippen LogP contribution in [0.2, 0.25) is 0 Å². The van der Waals surface area contributed by atoms with Gasteiger partial charge in [0.05, 0.1) is 12.8 Å². The molecule has 4 aromatic rings. The number of carbonyl (C=O) groups is 2. The van der Waals surface area contributed by atoms with E-state index in [0.29, 0.717) is 12.0 Å². The average molecular weight is 472 g/mol. The maximum absolute atomic E-state index is 13.0. The molecule has 172 valence electrons. The van der Waals surface area contributed by atoms with Gasteiger partial charge in [-0.25, -0.2) is 9.78 Å². The van der Waals surface area contributed by atoms with Gasteiger partial charge in [-0.1, -0.05) is 66.7 Å². The van der Waals surface area contributed by atoms with Gasteiger partial charge in [-0.3, -0.25) is 4.79 Å². The zero-order valence-electron chi connectivity index (χ0n) is 18.9. The summed E-state index contributed by atoms with van der Waals surface area (Å²) in [5, 5.41) is 6.84. The van der Waals surface area contributed by atoms with Crippen molar-refractivity contribution >= 4 is 34.0 Å². The van der Waals surface area contributed by atoms with Gasteiger partial charge in [-0.2, -0.15) is 0 Å². The van der Waals surface area contributed by atoms with Crippen LogP contribution in [-0.2, 0) is 16.0 Å². The zero-order chi connectivity index (χ0) is 23.9. The quantitative estimate of drug-likeness (QED) is 0.338. The van der Waals surface area contributed by atoms with Crippen LogP contribution in [0.5, 0.6) is 0 Å². The number of aryl methyl sites for hydroxylation is 1. The first-order valence-electron chi connectivity index (χ1n) is 10.9. The highest BCUT2D eigenvalue weighted by Gasteiger charge is 2.23. The van der Waals surface area contributed by atoms with Crippen molar-refractivity contribution in [1.29, 1.82) is 0 Å². The van der Waals surface area contributed by atoms with E-state index in [2.05, 4.69) is 10.6 Å². The largest absolute Gasteiger partial charge is 0.467 e. The summed E-state index contributed by atoms with van der Waals surface area (Å²) in [6.07, 6.45) is 0.345. The number of methoxy groups -OCH3 is 1. The minimum atomic E-state index is -0.786. The molecule has 0 aliphatic heterocycles. The van der Waals surface area contributed by atoms with E-state index in [1.807, 2.05) is 73.7 Å². The fraction of sp³-hybridized carbons (Fsp3) is 0.148. The van der Waals surface area contributed by atoms with Gasteiger partial charge in [0.1, 0.15) is 6.04 Å². The number of anilines is 2. The summed E-state index contributed by atoms with van der Waals surface area (Å²) < 4.78 is 4.90. The number of ether oxygens (including phenoxy) is 1. The fourth-order valence-electron chi connectivity index (χ4n) is 3.60. The van der Waals surface area contributed by atoms with Crippen molar-refractivity contribution in [3.05, 3.63) is 101 Å². The highest BCUT2D eigenvalue weighted by Crippen LogP contribution is 2.32. The molecule has 0 aliphatic rings. The number of carbonyl (C=O) groups excluding carboxylic acids is 2. The van der Waals surface area contributed by atoms with Gasteiger partial charge in [-0.15, -0.1) is 11.3 Å². The minimum absolute atomic E-state index is 0.345. The third-order valence-corrected chi connectivity index (χ3v) is 6.18. The number of nitrogens with zero attached hydrogens (tertiary/aromatic N) is 1. The van der Waals surface area contributed by atoms with Crippen LogP contribution in [0.15, 0.2) is 84.9 Å². The Morgan fingerprint density at radius 2 is 1.68 bits per heavy atom. The summed E-state index contributed by atoms with van der Waals surface area (Å²) in [7, 11) is 1.32. The molecular weight excluding hydrogens is 446 g/mol. The van der Waals surface area contributed by atoms with E-state index < -0.39 is 12.0 Å². The molecule has 1 amide bonds. The number of esters is 1. The maximum Gasteiger partial charge on any atom is 0.328 e. The van der Waals surface area contributed by atoms with Crippen molar-refractivity contribution in [2.75, 3.05) is 12.4 Å². The third-order valence-electron chi connectivity index (χ3n) is 5.29. The summed E-state index contributed by atoms with van der Waals surface area (Å²) in [5.41, 5.74) is 4.10. The van der Waals surface area contributed by atoms with Crippen molar-refractivity contribution in [1.82, 2.24) is 10.3 Å². The Morgan fingerprint density at radius 1 is 0.971 bits per heavy atom. The summed E-state index contributed by atoms with van der Waals surface area (Å²) >= 11 is 1.55. The van der Waals surface area contributed by atoms with Crippen LogP contribution < -0.4 is 10.6 Å². The van der Waals surface area contributed by atoms with Crippen LogP contribution in [0.25, 0.3) is 11.3 Å². The molecule has 1 heterocycles. The SMILES string of the molecule is COC(=O)C(Cc1ccccc1)NC(=O)c1cccc(Nc2nc(-c3ccccc3)c(C)s2)c1. The normalized spacial score (nSPS) is 11.5. The number of amides is 1. The van der Waals surface area contributed by atoms with Gasteiger partial charge in [0.2, 0.25) is 0 Å². The maximum atomic E-state index is 13.0. The van der Waals surface area contributed by atoms with Crippen LogP contribution in [0.3, 0.4) is 0 Å². The molecule has 6 nitrogen and oxygen atoms in total. The van der Waals surface area contributed by atoms with Crippen LogP contribution in [0.1, 0.15) is 20.8 Å². The van der Waals surface area contributed by atoms with Gasteiger partial charge < -0.3 is 15.4 Å². The second kappa shape index (κ2) is 10.8. The first kappa shape index (κ1) is 23.2. The van der Waals surface area contributed by atoms with E-state index in [1.165, 1.54) is 7.11 Å². The average Bonchev–Trinajstić information content (AvgIpc) is 3.24. The Kier molecular flexibility index (Phi) is 7.34. The third kappa shape index (κ3) is 5.68. The lowest BCUT2D eigenvalue weighted by Crippen LogP contribution is -2.43. The summed E-state index contributed by atoms with van der Waals surface area (Å²) in [5.74, 6) is -0.839. The van der Waals surface area contributed by atoms with E-state index in [1.54, 1.807) is 29.5 Å². The molecule has 1 unspecified atom stereocenters. The van der Waals surface area contributed by atoms with Gasteiger partial charge in [0.15, 0.2) is 5.13 Å². The second-order valence-corrected chi connectivity index (χ2v) is 8.94. The predicted octanol–water partition coefficient (Wildman–Crippen LogP) is 5.38. The molecule has 1 atom stereocenters. The monoisotopic (exact) mass is 471 g/mol. The van der Waals surface area contributed by atoms with E-state index >= 15 is 0 Å². The number of thiazole rings is 1. The standard InChI is InChI=1S/C27H25N3O3S/c1-18-24(20-12-7-4-8-13-20)30-27(34-18)28-22-15-9-14-21(17-22)25(31)29-23(26(32)33-2)16-19-10-5-3-6-11-19/h3-15,17,23H,16H2,1-2H3,(H,28,30)(H,29,31). The number of hydrogen-bond donors (Lipinski definition) is 2. The van der Waals surface area contributed by atoms with Gasteiger partial charge in [0.25, 0.3) is 5.91 Å². The van der Waals surface area contributed by atoms with Crippen molar-refractivity contribution < 1.29 is 14.3 Å². The zero-order valence-corrected chi connectivity index (χ0v) is 19.8. The van der Waals surface area contributed by atoms with Crippen molar-refractivity contribution in [3.8, 4) is 11.3 Å². The van der Waals surface area contributed by atoms with Crippen molar-refractivity contribution in [2.45, 2.75) is 19.4 Å². The Morgan fingerprint density at radius 3 is 2.38 bits per heavy atom. The van der Waals surface area contributed by atoms with Gasteiger partial charge in [0, 0.05) is 28.1 Å². The molecule has 0 fully saturated rings. The number of aromatic nitrogens is 1. The minimum Gasteiger partial charge on any atom is -0.467 e. The molecular formula is C27H25N3O3S. The van der Waals surface area contributed by atoms with Crippen molar-refractivity contribution in [3.63, 3.8) is 0 Å². The molecule has 0 saturated heterocycles. The Labute approximate surface area is 202 Å². The van der Waals surface area contributed by atoms with Gasteiger partial charge >= 0.3 is 5.97 Å². The molecule has 7 heteroatoms. The fourth-order valence-corrected chi connectivity index (χ4v) is 4.46. The first-order valence-corrected chi connectivity index (χ1v) is 11.7. The number of nitrogens with one attached hydrogen (secondary N) is 2. The van der Waals surface area contributed by atoms with E-state index in [0.717, 1.165) is 32.5 Å². The summed E-state index contributed by atoms with van der Waals surface area (Å²) in [6.45, 7) is 2.04. The molecule has 1 aromatic heterocycles. The van der Waals surface area contributed by atoms with E-state index in [-0.39, 0.29) is 5.91 Å². The molecule has 4 rings (SSSR count). The Hall–Kier alpha value is -3.97. The number of rotatable bonds is 8. The molecule has 2 N–H and O–H groups in total. The highest BCUT2D eigenvalue weighted by atomic mass is 32.1. The van der Waals surface area contributed by atoms with Gasteiger partial charge in [-0.05, 0) is 30.7 Å². The predicted molar refractivity (Wildman–Crippen MR) is 135 cm³/mol. The molecule has 0 radical (unpaired) electrons. The molecule has 0 aliphatic carbocycles. The van der Waals surface area contributed by atoms with Crippen LogP contribution in [0.4, 0.5) is 10.8 Å². The lowest BCUT2D eigenvalue weighted by Gasteiger charge is -2.17. The molecule has 0 saturated carbocycles. The Balaban J connectivity index is 1.48. The van der Waals surface area contributed by atoms with Crippen LogP contribution >= 0.6 is 11.3 Å². The van der Waals surface area contributed by atoms with E-state index in [9.17, 15) is 9.59 Å². The van der Waals surface area contributed by atoms with Crippen molar-refractivity contribution in [2.24, 2.45) is 0 Å². The van der Waals surface area contributed by atoms with Crippen LogP contribution in [0, 0.1) is 6.92 Å². The van der Waals surface area contributed by atoms with Crippen LogP contribution in [-0.4, -0.2) is 30.0 Å². The molecule has 3 aromatic carbocycles. The second-order valence-electron chi connectivity index (χ2n) is 7.73. The Bertz CT molecular complexity index is 1270. The molecule has 34 heavy (non-hydrogen) atoms. The lowest BCUT2D eigenvalue weighted by atomic mass is 10.1. The highest BCUT2D eigenvalue weighted by molar-refractivity contribution is 7.16. The molecule has 0 spiro atoms. The topological polar surface area (TPSA) is 80.3 Å². The van der Waals surface area contributed by atoms with E-state index in [4.69, 9.17) is 9.72 Å². The smallest absolute Gasteiger partial charge is 0.328 e. The number of benzene rings is 3. The summed E-state index contributed by atoms with van der Waals surface area (Å²) in [4.78, 5) is 31.1. The lowest BCUT2D eigenvalue weighted by molar-refractivity contribution is -0.142. The summed E-state index contributed by atoms with van der Waals surface area (Å²) in [6, 6.07) is 25.9. The number of hydrogen-bond acceptors (Lipinski definition) is 6. The first-order chi connectivity index (χ1) is 16.5. The molecule has 0 bridgehead atoms.